The molecule has 0 bridgehead atoms. The molecule has 0 amide bonds. The van der Waals surface area contributed by atoms with Crippen molar-refractivity contribution in [3.05, 3.63) is 0 Å². The zero-order chi connectivity index (χ0) is 13.6. The molecule has 6 nitrogen and oxygen atoms in total. The van der Waals surface area contributed by atoms with E-state index in [0.29, 0.717) is 0 Å². The minimum Gasteiger partial charge on any atom is -0.394 e. The molecule has 0 aromatic rings. The van der Waals surface area contributed by atoms with Crippen LogP contribution in [0, 0.1) is 5.92 Å². The van der Waals surface area contributed by atoms with Crippen molar-refractivity contribution >= 4 is 10.0 Å². The van der Waals surface area contributed by atoms with Gasteiger partial charge in [-0.1, -0.05) is 19.3 Å². The van der Waals surface area contributed by atoms with Gasteiger partial charge in [0.2, 0.25) is 10.0 Å². The molecule has 108 valence electrons. The molecule has 0 atom stereocenters. The number of hydrogen-bond donors (Lipinski definition) is 4. The van der Waals surface area contributed by atoms with Gasteiger partial charge in [0.15, 0.2) is 0 Å². The third kappa shape index (κ3) is 4.47. The molecule has 7 heteroatoms. The number of aliphatic hydroxyl groups excluding tert-OH is 3. The first kappa shape index (κ1) is 15.8. The van der Waals surface area contributed by atoms with E-state index in [1.54, 1.807) is 0 Å². The topological polar surface area (TPSA) is 107 Å². The Bertz CT molecular complexity index is 325. The summed E-state index contributed by atoms with van der Waals surface area (Å²) in [5.74, 6) is 0.124. The summed E-state index contributed by atoms with van der Waals surface area (Å²) in [5.41, 5.74) is -1.56. The smallest absolute Gasteiger partial charge is 0.212 e. The quantitative estimate of drug-likeness (QED) is 0.489. The van der Waals surface area contributed by atoms with E-state index in [0.717, 1.165) is 32.1 Å². The van der Waals surface area contributed by atoms with Gasteiger partial charge in [-0.05, 0) is 18.8 Å². The molecule has 1 aliphatic carbocycles. The van der Waals surface area contributed by atoms with Gasteiger partial charge in [0.05, 0.1) is 25.6 Å². The number of rotatable bonds is 7. The van der Waals surface area contributed by atoms with Crippen LogP contribution in [-0.2, 0) is 10.0 Å². The summed E-state index contributed by atoms with van der Waals surface area (Å²) in [7, 11) is -3.61. The zero-order valence-corrected chi connectivity index (χ0v) is 11.3. The summed E-state index contributed by atoms with van der Waals surface area (Å²) in [6.45, 7) is -1.91. The average Bonchev–Trinajstić information content (AvgIpc) is 2.37. The van der Waals surface area contributed by atoms with Gasteiger partial charge in [-0.2, -0.15) is 0 Å². The van der Waals surface area contributed by atoms with Crippen molar-refractivity contribution in [3.8, 4) is 0 Å². The Morgan fingerprint density at radius 3 is 1.94 bits per heavy atom. The summed E-state index contributed by atoms with van der Waals surface area (Å²) in [6.07, 6.45) is 5.03. The molecule has 0 aromatic heterocycles. The molecule has 0 saturated heterocycles. The van der Waals surface area contributed by atoms with Gasteiger partial charge in [-0.15, -0.1) is 0 Å². The fourth-order valence-corrected chi connectivity index (χ4v) is 4.17. The third-order valence-electron chi connectivity index (χ3n) is 3.46. The highest BCUT2D eigenvalue weighted by molar-refractivity contribution is 7.89. The van der Waals surface area contributed by atoms with Gasteiger partial charge >= 0.3 is 0 Å². The van der Waals surface area contributed by atoms with Crippen LogP contribution < -0.4 is 4.72 Å². The highest BCUT2D eigenvalue weighted by Gasteiger charge is 2.34. The van der Waals surface area contributed by atoms with Crippen LogP contribution >= 0.6 is 0 Å². The van der Waals surface area contributed by atoms with Crippen LogP contribution in [0.4, 0.5) is 0 Å². The monoisotopic (exact) mass is 281 g/mol. The first-order valence-electron chi connectivity index (χ1n) is 6.31. The van der Waals surface area contributed by atoms with Crippen molar-refractivity contribution in [1.29, 1.82) is 0 Å². The maximum Gasteiger partial charge on any atom is 0.212 e. The molecule has 1 rings (SSSR count). The fourth-order valence-electron chi connectivity index (χ4n) is 2.28. The van der Waals surface area contributed by atoms with Crippen LogP contribution in [0.3, 0.4) is 0 Å². The van der Waals surface area contributed by atoms with Crippen molar-refractivity contribution in [1.82, 2.24) is 4.72 Å². The Balaban J connectivity index is 2.62. The fraction of sp³-hybridized carbons (Fsp3) is 1.00. The van der Waals surface area contributed by atoms with Gasteiger partial charge < -0.3 is 15.3 Å². The summed E-state index contributed by atoms with van der Waals surface area (Å²) in [4.78, 5) is 0. The molecule has 4 N–H and O–H groups in total. The van der Waals surface area contributed by atoms with E-state index in [-0.39, 0.29) is 11.7 Å². The first-order valence-corrected chi connectivity index (χ1v) is 7.96. The highest BCUT2D eigenvalue weighted by atomic mass is 32.2. The molecule has 0 aliphatic heterocycles. The van der Waals surface area contributed by atoms with Gasteiger partial charge in [0.1, 0.15) is 5.54 Å². The predicted molar refractivity (Wildman–Crippen MR) is 67.5 cm³/mol. The Morgan fingerprint density at radius 2 is 1.50 bits per heavy atom. The van der Waals surface area contributed by atoms with E-state index in [4.69, 9.17) is 15.3 Å². The molecule has 18 heavy (non-hydrogen) atoms. The van der Waals surface area contributed by atoms with Gasteiger partial charge in [-0.3, -0.25) is 0 Å². The molecule has 0 radical (unpaired) electrons. The molecule has 0 heterocycles. The summed E-state index contributed by atoms with van der Waals surface area (Å²) in [6, 6.07) is 0. The Hall–Kier alpha value is -0.210. The lowest BCUT2D eigenvalue weighted by atomic mass is 9.91. The molecule has 1 aliphatic rings. The third-order valence-corrected chi connectivity index (χ3v) is 5.11. The second-order valence-electron chi connectivity index (χ2n) is 5.14. The van der Waals surface area contributed by atoms with Crippen molar-refractivity contribution in [2.24, 2.45) is 5.92 Å². The first-order chi connectivity index (χ1) is 8.47. The molecule has 0 aromatic carbocycles. The van der Waals surface area contributed by atoms with Crippen molar-refractivity contribution in [2.75, 3.05) is 25.6 Å². The van der Waals surface area contributed by atoms with E-state index in [9.17, 15) is 8.42 Å². The van der Waals surface area contributed by atoms with E-state index in [1.807, 2.05) is 0 Å². The lowest BCUT2D eigenvalue weighted by Gasteiger charge is -2.30. The van der Waals surface area contributed by atoms with Crippen LogP contribution in [0.1, 0.15) is 32.1 Å². The van der Waals surface area contributed by atoms with Crippen LogP contribution in [0.15, 0.2) is 0 Å². The Kier molecular flexibility index (Phi) is 6.00. The number of aliphatic hydroxyl groups is 3. The zero-order valence-electron chi connectivity index (χ0n) is 10.5. The minimum atomic E-state index is -3.61. The normalized spacial score (nSPS) is 19.1. The van der Waals surface area contributed by atoms with Gasteiger partial charge in [0.25, 0.3) is 0 Å². The van der Waals surface area contributed by atoms with Crippen LogP contribution in [0.5, 0.6) is 0 Å². The lowest BCUT2D eigenvalue weighted by Crippen LogP contribution is -2.57. The second kappa shape index (κ2) is 6.81. The van der Waals surface area contributed by atoms with Crippen molar-refractivity contribution in [3.63, 3.8) is 0 Å². The molecular formula is C11H23NO5S. The summed E-state index contributed by atoms with van der Waals surface area (Å²) >= 11 is 0. The molecule has 1 saturated carbocycles. The van der Waals surface area contributed by atoms with Gasteiger partial charge in [0, 0.05) is 0 Å². The van der Waals surface area contributed by atoms with Crippen LogP contribution in [0.25, 0.3) is 0 Å². The van der Waals surface area contributed by atoms with Gasteiger partial charge in [-0.25, -0.2) is 13.1 Å². The molecule has 0 unspecified atom stereocenters. The van der Waals surface area contributed by atoms with Crippen molar-refractivity contribution < 1.29 is 23.7 Å². The Morgan fingerprint density at radius 1 is 1.00 bits per heavy atom. The van der Waals surface area contributed by atoms with E-state index < -0.39 is 35.4 Å². The second-order valence-corrected chi connectivity index (χ2v) is 6.91. The molecule has 1 fully saturated rings. The summed E-state index contributed by atoms with van der Waals surface area (Å²) in [5, 5.41) is 27.3. The number of hydrogen-bond acceptors (Lipinski definition) is 5. The minimum absolute atomic E-state index is 0.00521. The average molecular weight is 281 g/mol. The summed E-state index contributed by atoms with van der Waals surface area (Å²) < 4.78 is 26.1. The standard InChI is InChI=1S/C11H23NO5S/c13-7-11(8-14,9-15)12-18(16,17)6-10-4-2-1-3-5-10/h10,12-15H,1-9H2. The van der Waals surface area contributed by atoms with E-state index >= 15 is 0 Å². The maximum absolute atomic E-state index is 11.9. The van der Waals surface area contributed by atoms with Crippen LogP contribution in [-0.4, -0.2) is 54.8 Å². The highest BCUT2D eigenvalue weighted by Crippen LogP contribution is 2.25. The molecule has 0 spiro atoms. The lowest BCUT2D eigenvalue weighted by molar-refractivity contribution is 0.0581. The van der Waals surface area contributed by atoms with E-state index in [1.165, 1.54) is 0 Å². The predicted octanol–water partition coefficient (Wildman–Crippen LogP) is -0.798. The van der Waals surface area contributed by atoms with E-state index in [2.05, 4.69) is 4.72 Å². The Labute approximate surface area is 108 Å². The maximum atomic E-state index is 11.9. The largest absolute Gasteiger partial charge is 0.394 e. The number of sulfonamides is 1. The molecular weight excluding hydrogens is 258 g/mol. The number of nitrogens with one attached hydrogen (secondary N) is 1. The SMILES string of the molecule is O=S(=O)(CC1CCCCC1)NC(CO)(CO)CO. The van der Waals surface area contributed by atoms with Crippen LogP contribution in [0.2, 0.25) is 0 Å². The van der Waals surface area contributed by atoms with Crippen molar-refractivity contribution in [2.45, 2.75) is 37.6 Å².